The zero-order valence-corrected chi connectivity index (χ0v) is 9.41. The topological polar surface area (TPSA) is 57.6 Å². The maximum absolute atomic E-state index is 11.7. The molecule has 4 nitrogen and oxygen atoms in total. The van der Waals surface area contributed by atoms with Crippen LogP contribution >= 0.6 is 0 Å². The average molecular weight is 211 g/mol. The van der Waals surface area contributed by atoms with Crippen molar-refractivity contribution in [2.45, 2.75) is 39.2 Å². The number of carbonyl (C=O) groups excluding carboxylic acids is 1. The molecule has 0 aliphatic rings. The molecule has 15 heavy (non-hydrogen) atoms. The summed E-state index contributed by atoms with van der Waals surface area (Å²) in [6, 6.07) is 0. The van der Waals surface area contributed by atoms with Crippen molar-refractivity contribution in [3.63, 3.8) is 0 Å². The Morgan fingerprint density at radius 2 is 1.93 bits per heavy atom. The summed E-state index contributed by atoms with van der Waals surface area (Å²) in [6.07, 6.45) is 5.58. The molecule has 0 saturated carbocycles. The summed E-state index contributed by atoms with van der Waals surface area (Å²) in [7, 11) is 0. The minimum absolute atomic E-state index is 0.195. The van der Waals surface area contributed by atoms with E-state index >= 15 is 0 Å². The Hall–Kier alpha value is -1.50. The average Bonchev–Trinajstić information content (AvgIpc) is 2.08. The van der Waals surface area contributed by atoms with E-state index in [1.165, 1.54) is 4.90 Å². The van der Waals surface area contributed by atoms with Crippen LogP contribution in [0.3, 0.4) is 0 Å². The number of hydrogen-bond acceptors (Lipinski definition) is 2. The first-order valence-corrected chi connectivity index (χ1v) is 4.74. The fraction of sp³-hybridized carbons (Fsp3) is 0.636. The van der Waals surface area contributed by atoms with Crippen molar-refractivity contribution in [2.24, 2.45) is 0 Å². The molecule has 0 radical (unpaired) electrons. The number of carboxylic acid groups (broad SMARTS) is 1. The van der Waals surface area contributed by atoms with Gasteiger partial charge in [-0.2, -0.15) is 0 Å². The monoisotopic (exact) mass is 211 g/mol. The Kier molecular flexibility index (Phi) is 4.86. The maximum atomic E-state index is 11.7. The summed E-state index contributed by atoms with van der Waals surface area (Å²) in [6.45, 7) is 5.10. The number of hydrogen-bond donors (Lipinski definition) is 1. The van der Waals surface area contributed by atoms with Crippen molar-refractivity contribution in [3.05, 3.63) is 0 Å². The largest absolute Gasteiger partial charge is 0.480 e. The molecule has 0 unspecified atom stereocenters. The molecule has 0 saturated heterocycles. The summed E-state index contributed by atoms with van der Waals surface area (Å²) in [5.41, 5.74) is -0.496. The van der Waals surface area contributed by atoms with Crippen LogP contribution in [0.15, 0.2) is 0 Å². The number of carboxylic acids is 1. The van der Waals surface area contributed by atoms with Gasteiger partial charge in [-0.25, -0.2) is 0 Å². The lowest BCUT2D eigenvalue weighted by Crippen LogP contribution is -2.48. The van der Waals surface area contributed by atoms with Gasteiger partial charge in [0.05, 0.1) is 0 Å². The van der Waals surface area contributed by atoms with Crippen molar-refractivity contribution in [1.29, 1.82) is 0 Å². The third kappa shape index (κ3) is 5.06. The van der Waals surface area contributed by atoms with Gasteiger partial charge in [-0.1, -0.05) is 0 Å². The van der Waals surface area contributed by atoms with E-state index in [0.29, 0.717) is 6.42 Å². The normalized spacial score (nSPS) is 10.5. The van der Waals surface area contributed by atoms with E-state index in [2.05, 4.69) is 5.92 Å². The summed E-state index contributed by atoms with van der Waals surface area (Å²) in [4.78, 5) is 23.6. The van der Waals surface area contributed by atoms with Crippen molar-refractivity contribution < 1.29 is 14.7 Å². The van der Waals surface area contributed by atoms with Gasteiger partial charge in [0.15, 0.2) is 0 Å². The van der Waals surface area contributed by atoms with Crippen LogP contribution in [0, 0.1) is 12.3 Å². The predicted molar refractivity (Wildman–Crippen MR) is 57.2 cm³/mol. The van der Waals surface area contributed by atoms with E-state index < -0.39 is 11.5 Å². The molecule has 0 atom stereocenters. The molecule has 1 N–H and O–H groups in total. The highest BCUT2D eigenvalue weighted by Gasteiger charge is 2.27. The summed E-state index contributed by atoms with van der Waals surface area (Å²) in [5, 5.41) is 8.69. The molecule has 0 aromatic heterocycles. The van der Waals surface area contributed by atoms with Gasteiger partial charge in [-0.05, 0) is 20.8 Å². The Morgan fingerprint density at radius 1 is 1.40 bits per heavy atom. The van der Waals surface area contributed by atoms with Crippen molar-refractivity contribution in [1.82, 2.24) is 4.90 Å². The van der Waals surface area contributed by atoms with Crippen LogP contribution in [0.1, 0.15) is 33.6 Å². The molecule has 1 amide bonds. The second-order valence-electron chi connectivity index (χ2n) is 4.25. The summed E-state index contributed by atoms with van der Waals surface area (Å²) in [5.74, 6) is 1.13. The summed E-state index contributed by atoms with van der Waals surface area (Å²) >= 11 is 0. The molecule has 0 bridgehead atoms. The molecule has 84 valence electrons. The molecule has 0 spiro atoms. The van der Waals surface area contributed by atoms with Crippen LogP contribution in [-0.2, 0) is 9.59 Å². The third-order valence-electron chi connectivity index (χ3n) is 1.89. The highest BCUT2D eigenvalue weighted by molar-refractivity contribution is 5.82. The van der Waals surface area contributed by atoms with Gasteiger partial charge in [-0.3, -0.25) is 9.59 Å². The molecule has 0 aromatic rings. The first-order chi connectivity index (χ1) is 6.79. The Bertz CT molecular complexity index is 283. The predicted octanol–water partition coefficient (Wildman–Crippen LogP) is 1.11. The third-order valence-corrected chi connectivity index (χ3v) is 1.89. The number of terminal acetylenes is 1. The van der Waals surface area contributed by atoms with Crippen LogP contribution in [0.4, 0.5) is 0 Å². The number of aliphatic carboxylic acids is 1. The highest BCUT2D eigenvalue weighted by atomic mass is 16.4. The molecule has 0 rings (SSSR count). The lowest BCUT2D eigenvalue weighted by Gasteiger charge is -2.34. The van der Waals surface area contributed by atoms with E-state index in [4.69, 9.17) is 11.5 Å². The smallest absolute Gasteiger partial charge is 0.323 e. The standard InChI is InChI=1S/C11H17NO3/c1-5-6-7-9(13)12(8-10(14)15)11(2,3)4/h1H,6-8H2,2-4H3,(H,14,15). The Morgan fingerprint density at radius 3 is 2.27 bits per heavy atom. The molecular weight excluding hydrogens is 194 g/mol. The van der Waals surface area contributed by atoms with E-state index in [1.54, 1.807) is 20.8 Å². The number of nitrogens with zero attached hydrogens (tertiary/aromatic N) is 1. The van der Waals surface area contributed by atoms with E-state index in [-0.39, 0.29) is 18.9 Å². The Balaban J connectivity index is 4.57. The molecule has 0 aliphatic heterocycles. The van der Waals surface area contributed by atoms with Crippen LogP contribution < -0.4 is 0 Å². The van der Waals surface area contributed by atoms with Crippen LogP contribution in [0.5, 0.6) is 0 Å². The lowest BCUT2D eigenvalue weighted by molar-refractivity contribution is -0.148. The van der Waals surface area contributed by atoms with Gasteiger partial charge >= 0.3 is 5.97 Å². The van der Waals surface area contributed by atoms with Crippen molar-refractivity contribution in [2.75, 3.05) is 6.54 Å². The van der Waals surface area contributed by atoms with Gasteiger partial charge in [0.25, 0.3) is 0 Å². The van der Waals surface area contributed by atoms with Gasteiger partial charge in [-0.15, -0.1) is 12.3 Å². The molecule has 0 fully saturated rings. The van der Waals surface area contributed by atoms with Crippen LogP contribution in [0.25, 0.3) is 0 Å². The first-order valence-electron chi connectivity index (χ1n) is 4.74. The van der Waals surface area contributed by atoms with Crippen molar-refractivity contribution in [3.8, 4) is 12.3 Å². The lowest BCUT2D eigenvalue weighted by atomic mass is 10.0. The number of rotatable bonds is 4. The fourth-order valence-corrected chi connectivity index (χ4v) is 1.15. The Labute approximate surface area is 90.3 Å². The van der Waals surface area contributed by atoms with Gasteiger partial charge in [0.2, 0.25) is 5.91 Å². The van der Waals surface area contributed by atoms with Gasteiger partial charge in [0.1, 0.15) is 6.54 Å². The second kappa shape index (κ2) is 5.40. The first kappa shape index (κ1) is 13.5. The van der Waals surface area contributed by atoms with Crippen LogP contribution in [-0.4, -0.2) is 34.0 Å². The molecule has 0 aromatic carbocycles. The SMILES string of the molecule is C#CCCC(=O)N(CC(=O)O)C(C)(C)C. The quantitative estimate of drug-likeness (QED) is 0.709. The maximum Gasteiger partial charge on any atom is 0.323 e. The van der Waals surface area contributed by atoms with Gasteiger partial charge < -0.3 is 10.0 Å². The van der Waals surface area contributed by atoms with E-state index in [0.717, 1.165) is 0 Å². The number of carbonyl (C=O) groups is 2. The second-order valence-corrected chi connectivity index (χ2v) is 4.25. The molecule has 0 aliphatic carbocycles. The van der Waals surface area contributed by atoms with Gasteiger partial charge in [0, 0.05) is 18.4 Å². The van der Waals surface area contributed by atoms with Crippen molar-refractivity contribution >= 4 is 11.9 Å². The summed E-state index contributed by atoms with van der Waals surface area (Å²) < 4.78 is 0. The van der Waals surface area contributed by atoms with E-state index in [1.807, 2.05) is 0 Å². The minimum Gasteiger partial charge on any atom is -0.480 e. The minimum atomic E-state index is -1.01. The van der Waals surface area contributed by atoms with Crippen LogP contribution in [0.2, 0.25) is 0 Å². The fourth-order valence-electron chi connectivity index (χ4n) is 1.15. The molecule has 4 heteroatoms. The number of amides is 1. The molecule has 0 heterocycles. The highest BCUT2D eigenvalue weighted by Crippen LogP contribution is 2.14. The zero-order valence-electron chi connectivity index (χ0n) is 9.41. The van der Waals surface area contributed by atoms with E-state index in [9.17, 15) is 9.59 Å². The zero-order chi connectivity index (χ0) is 12.1. The molecular formula is C11H17NO3.